The lowest BCUT2D eigenvalue weighted by Crippen LogP contribution is -2.41. The molecule has 2 atom stereocenters. The van der Waals surface area contributed by atoms with Crippen LogP contribution in [-0.2, 0) is 9.31 Å². The van der Waals surface area contributed by atoms with E-state index in [-0.39, 0.29) is 18.3 Å². The third kappa shape index (κ3) is 2.59. The van der Waals surface area contributed by atoms with Gasteiger partial charge < -0.3 is 14.4 Å². The zero-order valence-electron chi connectivity index (χ0n) is 12.4. The number of thioether (sulfide) groups is 1. The van der Waals surface area contributed by atoms with Gasteiger partial charge in [0.15, 0.2) is 0 Å². The Morgan fingerprint density at radius 2 is 1.53 bits per heavy atom. The van der Waals surface area contributed by atoms with Gasteiger partial charge in [0, 0.05) is 16.8 Å². The van der Waals surface area contributed by atoms with Crippen LogP contribution in [0.25, 0.3) is 0 Å². The first-order valence-corrected chi connectivity index (χ1v) is 8.37. The lowest BCUT2D eigenvalue weighted by Gasteiger charge is -2.36. The molecule has 0 amide bonds. The number of aliphatic hydroxyl groups is 1. The average Bonchev–Trinajstić information content (AvgIpc) is 2.64. The van der Waals surface area contributed by atoms with Gasteiger partial charge in [-0.05, 0) is 53.4 Å². The largest absolute Gasteiger partial charge is 0.460 e. The van der Waals surface area contributed by atoms with Crippen LogP contribution in [0.3, 0.4) is 0 Å². The van der Waals surface area contributed by atoms with Crippen molar-refractivity contribution in [2.45, 2.75) is 87.0 Å². The highest BCUT2D eigenvalue weighted by Crippen LogP contribution is 2.50. The molecule has 5 heteroatoms. The van der Waals surface area contributed by atoms with Crippen molar-refractivity contribution in [3.63, 3.8) is 0 Å². The third-order valence-corrected chi connectivity index (χ3v) is 6.83. The van der Waals surface area contributed by atoms with Gasteiger partial charge in [0.2, 0.25) is 0 Å². The van der Waals surface area contributed by atoms with Gasteiger partial charge in [0.1, 0.15) is 0 Å². The average molecular weight is 284 g/mol. The predicted octanol–water partition coefficient (Wildman–Crippen LogP) is 2.87. The molecule has 2 unspecified atom stereocenters. The maximum Gasteiger partial charge on any atom is 0.460 e. The van der Waals surface area contributed by atoms with Crippen molar-refractivity contribution < 1.29 is 14.4 Å². The molecule has 2 bridgehead atoms. The van der Waals surface area contributed by atoms with Crippen molar-refractivity contribution in [3.8, 4) is 0 Å². The van der Waals surface area contributed by atoms with E-state index in [1.54, 1.807) is 0 Å². The van der Waals surface area contributed by atoms with Crippen molar-refractivity contribution in [1.82, 2.24) is 0 Å². The Hall–Kier alpha value is 0.295. The Labute approximate surface area is 121 Å². The lowest BCUT2D eigenvalue weighted by atomic mass is 9.71. The van der Waals surface area contributed by atoms with Crippen LogP contribution in [0.1, 0.15) is 53.4 Å². The molecule has 0 radical (unpaired) electrons. The molecular formula is C14H25BO3S. The van der Waals surface area contributed by atoms with Crippen LogP contribution in [0, 0.1) is 0 Å². The molecule has 3 rings (SSSR count). The topological polar surface area (TPSA) is 38.7 Å². The summed E-state index contributed by atoms with van der Waals surface area (Å²) >= 11 is 2.07. The van der Waals surface area contributed by atoms with E-state index >= 15 is 0 Å². The van der Waals surface area contributed by atoms with E-state index in [2.05, 4.69) is 39.5 Å². The summed E-state index contributed by atoms with van der Waals surface area (Å²) in [6, 6.07) is 0. The number of hydrogen-bond donors (Lipinski definition) is 1. The standard InChI is InChI=1S/C14H25BO3S/c1-12(2)13(3,4)18-15(17-12)9-14(16)7-10-5-6-11(8-14)19-10/h10-11,16H,5-9H2,1-4H3. The summed E-state index contributed by atoms with van der Waals surface area (Å²) in [6.45, 7) is 8.27. The van der Waals surface area contributed by atoms with Crippen LogP contribution in [0.15, 0.2) is 0 Å². The van der Waals surface area contributed by atoms with Crippen molar-refractivity contribution in [2.75, 3.05) is 0 Å². The minimum absolute atomic E-state index is 0.266. The first-order chi connectivity index (χ1) is 8.69. The smallest absolute Gasteiger partial charge is 0.403 e. The van der Waals surface area contributed by atoms with E-state index in [0.29, 0.717) is 16.8 Å². The summed E-state index contributed by atoms with van der Waals surface area (Å²) in [5.41, 5.74) is -1.18. The Bertz CT molecular complexity index is 344. The first kappa shape index (κ1) is 14.2. The van der Waals surface area contributed by atoms with Crippen LogP contribution in [0.5, 0.6) is 0 Å². The molecule has 19 heavy (non-hydrogen) atoms. The lowest BCUT2D eigenvalue weighted by molar-refractivity contribution is 0.00578. The predicted molar refractivity (Wildman–Crippen MR) is 79.5 cm³/mol. The molecule has 0 saturated carbocycles. The van der Waals surface area contributed by atoms with Crippen LogP contribution in [0.2, 0.25) is 6.32 Å². The van der Waals surface area contributed by atoms with Crippen LogP contribution < -0.4 is 0 Å². The fourth-order valence-corrected chi connectivity index (χ4v) is 5.44. The third-order valence-electron chi connectivity index (χ3n) is 5.26. The second-order valence-electron chi connectivity index (χ2n) is 7.48. The monoisotopic (exact) mass is 284 g/mol. The molecule has 0 aromatic carbocycles. The molecule has 3 aliphatic rings. The van der Waals surface area contributed by atoms with Gasteiger partial charge in [-0.3, -0.25) is 0 Å². The summed E-state index contributed by atoms with van der Waals surface area (Å²) < 4.78 is 12.1. The van der Waals surface area contributed by atoms with Crippen molar-refractivity contribution in [3.05, 3.63) is 0 Å². The number of hydrogen-bond acceptors (Lipinski definition) is 4. The maximum atomic E-state index is 10.9. The second-order valence-corrected chi connectivity index (χ2v) is 9.09. The van der Waals surface area contributed by atoms with Crippen LogP contribution in [-0.4, -0.2) is 39.5 Å². The van der Waals surface area contributed by atoms with Gasteiger partial charge in [-0.25, -0.2) is 0 Å². The highest BCUT2D eigenvalue weighted by atomic mass is 32.2. The zero-order chi connectivity index (χ0) is 13.9. The summed E-state index contributed by atoms with van der Waals surface area (Å²) in [7, 11) is -0.266. The summed E-state index contributed by atoms with van der Waals surface area (Å²) in [5, 5.41) is 12.2. The molecule has 3 nitrogen and oxygen atoms in total. The molecule has 108 valence electrons. The van der Waals surface area contributed by atoms with Crippen LogP contribution in [0.4, 0.5) is 0 Å². The van der Waals surface area contributed by atoms with E-state index in [1.807, 2.05) is 0 Å². The van der Waals surface area contributed by atoms with Gasteiger partial charge in [0.05, 0.1) is 16.8 Å². The molecule has 0 aromatic rings. The second kappa shape index (κ2) is 4.39. The van der Waals surface area contributed by atoms with E-state index in [1.165, 1.54) is 12.8 Å². The molecule has 3 heterocycles. The minimum atomic E-state index is -0.585. The normalized spacial score (nSPS) is 43.7. The summed E-state index contributed by atoms with van der Waals surface area (Å²) in [6.07, 6.45) is 4.95. The number of rotatable bonds is 2. The molecule has 0 spiro atoms. The van der Waals surface area contributed by atoms with E-state index in [4.69, 9.17) is 9.31 Å². The van der Waals surface area contributed by atoms with Crippen molar-refractivity contribution in [1.29, 1.82) is 0 Å². The molecule has 3 aliphatic heterocycles. The van der Waals surface area contributed by atoms with Gasteiger partial charge in [-0.15, -0.1) is 0 Å². The Balaban J connectivity index is 1.66. The minimum Gasteiger partial charge on any atom is -0.403 e. The summed E-state index contributed by atoms with van der Waals surface area (Å²) in [4.78, 5) is 0. The van der Waals surface area contributed by atoms with E-state index in [0.717, 1.165) is 12.8 Å². The van der Waals surface area contributed by atoms with E-state index in [9.17, 15) is 5.11 Å². The molecular weight excluding hydrogens is 259 g/mol. The highest BCUT2D eigenvalue weighted by molar-refractivity contribution is 8.00. The van der Waals surface area contributed by atoms with Crippen LogP contribution >= 0.6 is 11.8 Å². The van der Waals surface area contributed by atoms with Gasteiger partial charge in [0.25, 0.3) is 0 Å². The van der Waals surface area contributed by atoms with E-state index < -0.39 is 5.60 Å². The number of fused-ring (bicyclic) bond motifs is 2. The maximum absolute atomic E-state index is 10.9. The SMILES string of the molecule is CC1(C)OB(CC2(O)CC3CCC(C2)S3)OC1(C)C. The Morgan fingerprint density at radius 3 is 2.00 bits per heavy atom. The molecule has 3 fully saturated rings. The highest BCUT2D eigenvalue weighted by Gasteiger charge is 2.54. The first-order valence-electron chi connectivity index (χ1n) is 7.43. The fourth-order valence-electron chi connectivity index (χ4n) is 3.54. The molecule has 0 aromatic heterocycles. The molecule has 3 saturated heterocycles. The van der Waals surface area contributed by atoms with Gasteiger partial charge in [-0.1, -0.05) is 0 Å². The van der Waals surface area contributed by atoms with Crippen molar-refractivity contribution >= 4 is 18.9 Å². The Kier molecular flexibility index (Phi) is 3.29. The Morgan fingerprint density at radius 1 is 1.05 bits per heavy atom. The summed E-state index contributed by atoms with van der Waals surface area (Å²) in [5.74, 6) is 0. The van der Waals surface area contributed by atoms with Gasteiger partial charge >= 0.3 is 7.12 Å². The molecule has 1 N–H and O–H groups in total. The van der Waals surface area contributed by atoms with Gasteiger partial charge in [-0.2, -0.15) is 11.8 Å². The van der Waals surface area contributed by atoms with Crippen molar-refractivity contribution in [2.24, 2.45) is 0 Å². The fraction of sp³-hybridized carbons (Fsp3) is 1.00. The zero-order valence-corrected chi connectivity index (χ0v) is 13.3. The molecule has 0 aliphatic carbocycles. The quantitative estimate of drug-likeness (QED) is 0.791.